The van der Waals surface area contributed by atoms with Crippen molar-refractivity contribution in [1.82, 2.24) is 10.2 Å². The number of H-pyrrole nitrogens is 1. The second-order valence-electron chi connectivity index (χ2n) is 4.08. The van der Waals surface area contributed by atoms with Crippen LogP contribution in [0.15, 0.2) is 24.4 Å². The fourth-order valence-electron chi connectivity index (χ4n) is 1.84. The summed E-state index contributed by atoms with van der Waals surface area (Å²) in [6.45, 7) is 0.954. The largest absolute Gasteiger partial charge is 0.486 e. The number of carbonyl (C=O) groups excluding carboxylic acids is 1. The third kappa shape index (κ3) is 2.14. The van der Waals surface area contributed by atoms with Crippen molar-refractivity contribution < 1.29 is 14.3 Å². The smallest absolute Gasteiger partial charge is 0.256 e. The molecule has 3 rings (SSSR count). The van der Waals surface area contributed by atoms with Crippen LogP contribution in [0.1, 0.15) is 15.9 Å². The first-order valence-corrected chi connectivity index (χ1v) is 5.92. The summed E-state index contributed by atoms with van der Waals surface area (Å²) < 4.78 is 10.8. The molecule has 0 saturated carbocycles. The number of hydrogen-bond donors (Lipinski definition) is 2. The highest BCUT2D eigenvalue weighted by molar-refractivity contribution is 6.04. The molecular formula is C13H10N4O3. The van der Waals surface area contributed by atoms with Crippen LogP contribution in [0.2, 0.25) is 0 Å². The number of ether oxygens (including phenoxy) is 2. The Morgan fingerprint density at radius 3 is 2.95 bits per heavy atom. The van der Waals surface area contributed by atoms with Crippen LogP contribution >= 0.6 is 0 Å². The normalized spacial score (nSPS) is 12.6. The van der Waals surface area contributed by atoms with Gasteiger partial charge in [0.15, 0.2) is 11.5 Å². The van der Waals surface area contributed by atoms with Gasteiger partial charge >= 0.3 is 0 Å². The molecule has 2 N–H and O–H groups in total. The highest BCUT2D eigenvalue weighted by atomic mass is 16.6. The molecule has 0 fully saturated rings. The third-order valence-corrected chi connectivity index (χ3v) is 2.80. The van der Waals surface area contributed by atoms with Gasteiger partial charge in [-0.3, -0.25) is 9.89 Å². The maximum Gasteiger partial charge on any atom is 0.256 e. The van der Waals surface area contributed by atoms with Gasteiger partial charge in [0, 0.05) is 5.56 Å². The summed E-state index contributed by atoms with van der Waals surface area (Å²) in [7, 11) is 0. The van der Waals surface area contributed by atoms with E-state index in [1.165, 1.54) is 6.20 Å². The number of amides is 1. The highest BCUT2D eigenvalue weighted by Gasteiger charge is 2.16. The molecule has 2 aromatic rings. The molecule has 0 aliphatic carbocycles. The first-order chi connectivity index (χ1) is 9.78. The number of nitrogens with one attached hydrogen (secondary N) is 2. The maximum absolute atomic E-state index is 12.1. The molecule has 100 valence electrons. The van der Waals surface area contributed by atoms with Crippen molar-refractivity contribution in [3.8, 4) is 17.6 Å². The number of aromatic amines is 1. The van der Waals surface area contributed by atoms with Crippen LogP contribution in [-0.2, 0) is 0 Å². The zero-order valence-corrected chi connectivity index (χ0v) is 10.3. The summed E-state index contributed by atoms with van der Waals surface area (Å²) in [6.07, 6.45) is 1.35. The van der Waals surface area contributed by atoms with E-state index in [4.69, 9.17) is 14.7 Å². The van der Waals surface area contributed by atoms with Crippen LogP contribution < -0.4 is 14.8 Å². The minimum absolute atomic E-state index is 0.271. The lowest BCUT2D eigenvalue weighted by Gasteiger charge is -2.18. The van der Waals surface area contributed by atoms with Crippen LogP contribution in [-0.4, -0.2) is 29.3 Å². The molecule has 7 heteroatoms. The summed E-state index contributed by atoms with van der Waals surface area (Å²) in [4.78, 5) is 12.1. The molecule has 2 heterocycles. The Balaban J connectivity index is 1.82. The SMILES string of the molecule is N#Cc1cn[nH]c1NC(=O)c1ccc2c(c1)OCCO2. The van der Waals surface area contributed by atoms with Crippen molar-refractivity contribution in [1.29, 1.82) is 5.26 Å². The van der Waals surface area contributed by atoms with Gasteiger partial charge in [-0.15, -0.1) is 0 Å². The van der Waals surface area contributed by atoms with E-state index >= 15 is 0 Å². The van der Waals surface area contributed by atoms with Crippen LogP contribution in [0, 0.1) is 11.3 Å². The highest BCUT2D eigenvalue weighted by Crippen LogP contribution is 2.30. The van der Waals surface area contributed by atoms with Crippen LogP contribution in [0.5, 0.6) is 11.5 Å². The topological polar surface area (TPSA) is 100 Å². The van der Waals surface area contributed by atoms with E-state index in [0.29, 0.717) is 30.3 Å². The van der Waals surface area contributed by atoms with Gasteiger partial charge in [0.25, 0.3) is 5.91 Å². The number of benzene rings is 1. The van der Waals surface area contributed by atoms with Gasteiger partial charge in [-0.1, -0.05) is 0 Å². The lowest BCUT2D eigenvalue weighted by Crippen LogP contribution is -2.17. The van der Waals surface area contributed by atoms with E-state index < -0.39 is 0 Å². The fourth-order valence-corrected chi connectivity index (χ4v) is 1.84. The second-order valence-corrected chi connectivity index (χ2v) is 4.08. The van der Waals surface area contributed by atoms with E-state index in [1.54, 1.807) is 18.2 Å². The zero-order chi connectivity index (χ0) is 13.9. The fraction of sp³-hybridized carbons (Fsp3) is 0.154. The summed E-state index contributed by atoms with van der Waals surface area (Å²) in [5.74, 6) is 1.07. The standard InChI is InChI=1S/C13H10N4O3/c14-6-9-7-15-17-12(9)16-13(18)8-1-2-10-11(5-8)20-4-3-19-10/h1-2,5,7H,3-4H2,(H2,15,16,17,18). The molecule has 0 spiro atoms. The first kappa shape index (κ1) is 12.0. The van der Waals surface area contributed by atoms with E-state index in [-0.39, 0.29) is 17.3 Å². The van der Waals surface area contributed by atoms with Crippen molar-refractivity contribution in [2.45, 2.75) is 0 Å². The number of nitrogens with zero attached hydrogens (tertiary/aromatic N) is 2. The number of anilines is 1. The molecule has 1 amide bonds. The number of hydrogen-bond acceptors (Lipinski definition) is 5. The molecule has 20 heavy (non-hydrogen) atoms. The average Bonchev–Trinajstić information content (AvgIpc) is 2.94. The van der Waals surface area contributed by atoms with Crippen molar-refractivity contribution in [3.63, 3.8) is 0 Å². The molecule has 0 radical (unpaired) electrons. The van der Waals surface area contributed by atoms with Gasteiger partial charge in [0.1, 0.15) is 30.7 Å². The summed E-state index contributed by atoms with van der Waals surface area (Å²) in [5, 5.41) is 17.7. The van der Waals surface area contributed by atoms with Gasteiger partial charge in [-0.25, -0.2) is 0 Å². The van der Waals surface area contributed by atoms with E-state index in [2.05, 4.69) is 15.5 Å². The maximum atomic E-state index is 12.1. The average molecular weight is 270 g/mol. The van der Waals surface area contributed by atoms with Gasteiger partial charge in [-0.05, 0) is 18.2 Å². The van der Waals surface area contributed by atoms with E-state index in [9.17, 15) is 4.79 Å². The summed E-state index contributed by atoms with van der Waals surface area (Å²) in [6, 6.07) is 6.84. The number of fused-ring (bicyclic) bond motifs is 1. The molecule has 1 aliphatic rings. The van der Waals surface area contributed by atoms with Gasteiger partial charge in [-0.2, -0.15) is 10.4 Å². The van der Waals surface area contributed by atoms with E-state index in [0.717, 1.165) is 0 Å². The predicted octanol–water partition coefficient (Wildman–Crippen LogP) is 1.30. The van der Waals surface area contributed by atoms with Gasteiger partial charge < -0.3 is 14.8 Å². The van der Waals surface area contributed by atoms with Gasteiger partial charge in [0.05, 0.1) is 6.20 Å². The summed E-state index contributed by atoms with van der Waals surface area (Å²) >= 11 is 0. The second kappa shape index (κ2) is 4.93. The minimum atomic E-state index is -0.359. The molecular weight excluding hydrogens is 260 g/mol. The monoisotopic (exact) mass is 270 g/mol. The lowest BCUT2D eigenvalue weighted by atomic mass is 10.2. The van der Waals surface area contributed by atoms with Crippen molar-refractivity contribution >= 4 is 11.7 Å². The Hall–Kier alpha value is -3.01. The molecule has 1 aliphatic heterocycles. The van der Waals surface area contributed by atoms with Crippen LogP contribution in [0.4, 0.5) is 5.82 Å². The van der Waals surface area contributed by atoms with Crippen molar-refractivity contribution in [3.05, 3.63) is 35.5 Å². The van der Waals surface area contributed by atoms with Gasteiger partial charge in [0.2, 0.25) is 0 Å². The predicted molar refractivity (Wildman–Crippen MR) is 68.7 cm³/mol. The van der Waals surface area contributed by atoms with Crippen molar-refractivity contribution in [2.75, 3.05) is 18.5 Å². The number of rotatable bonds is 2. The Morgan fingerprint density at radius 1 is 1.35 bits per heavy atom. The quantitative estimate of drug-likeness (QED) is 0.856. The van der Waals surface area contributed by atoms with E-state index in [1.807, 2.05) is 6.07 Å². The molecule has 1 aromatic carbocycles. The molecule has 0 atom stereocenters. The lowest BCUT2D eigenvalue weighted by molar-refractivity contribution is 0.102. The third-order valence-electron chi connectivity index (χ3n) is 2.80. The molecule has 0 saturated heterocycles. The molecule has 7 nitrogen and oxygen atoms in total. The Morgan fingerprint density at radius 2 is 2.15 bits per heavy atom. The molecule has 1 aromatic heterocycles. The molecule has 0 unspecified atom stereocenters. The number of nitriles is 1. The Kier molecular flexibility index (Phi) is 2.97. The first-order valence-electron chi connectivity index (χ1n) is 5.92. The van der Waals surface area contributed by atoms with Crippen LogP contribution in [0.3, 0.4) is 0 Å². The minimum Gasteiger partial charge on any atom is -0.486 e. The van der Waals surface area contributed by atoms with Crippen LogP contribution in [0.25, 0.3) is 0 Å². The Labute approximate surface area is 114 Å². The molecule has 0 bridgehead atoms. The summed E-state index contributed by atoms with van der Waals surface area (Å²) in [5.41, 5.74) is 0.684. The number of aromatic nitrogens is 2. The Bertz CT molecular complexity index is 702. The van der Waals surface area contributed by atoms with Crippen molar-refractivity contribution in [2.24, 2.45) is 0 Å². The zero-order valence-electron chi connectivity index (χ0n) is 10.3. The number of carbonyl (C=O) groups is 1.